The highest BCUT2D eigenvalue weighted by Crippen LogP contribution is 2.28. The summed E-state index contributed by atoms with van der Waals surface area (Å²) in [6.45, 7) is 0.631. The van der Waals surface area contributed by atoms with E-state index in [9.17, 15) is 22.8 Å². The second kappa shape index (κ2) is 8.52. The maximum Gasteiger partial charge on any atom is 0.451 e. The molecule has 3 aromatic rings. The van der Waals surface area contributed by atoms with Gasteiger partial charge in [-0.05, 0) is 49.2 Å². The van der Waals surface area contributed by atoms with Crippen LogP contribution in [0.15, 0.2) is 59.4 Å². The average molecular weight is 446 g/mol. The monoisotopic (exact) mass is 446 g/mol. The largest absolute Gasteiger partial charge is 0.457 e. The van der Waals surface area contributed by atoms with Crippen molar-refractivity contribution in [2.75, 3.05) is 13.1 Å². The number of likely N-dealkylation sites (tertiary alicyclic amines) is 1. The highest BCUT2D eigenvalue weighted by molar-refractivity contribution is 5.94. The van der Waals surface area contributed by atoms with Gasteiger partial charge in [-0.15, -0.1) is 5.10 Å². The van der Waals surface area contributed by atoms with Crippen LogP contribution in [0.4, 0.5) is 13.2 Å². The molecule has 0 unspecified atom stereocenters. The standard InChI is InChI=1S/C22H21F3N4O3/c1-27-20(22(23,24)25)26-29(21(27)31)16-11-13-28(14-12-16)19(30)15-7-9-18(10-8-15)32-17-5-3-2-4-6-17/h2-10,16H,11-14H2,1H3. The lowest BCUT2D eigenvalue weighted by Gasteiger charge is -2.31. The van der Waals surface area contributed by atoms with Crippen LogP contribution in [0.25, 0.3) is 0 Å². The first-order valence-corrected chi connectivity index (χ1v) is 10.1. The lowest BCUT2D eigenvalue weighted by atomic mass is 10.0. The SMILES string of the molecule is Cn1c(C(F)(F)F)nn(C2CCN(C(=O)c3ccc(Oc4ccccc4)cc3)CC2)c1=O. The minimum Gasteiger partial charge on any atom is -0.457 e. The third-order valence-corrected chi connectivity index (χ3v) is 5.43. The Morgan fingerprint density at radius 2 is 1.59 bits per heavy atom. The van der Waals surface area contributed by atoms with Crippen LogP contribution in [-0.2, 0) is 13.2 Å². The first-order valence-electron chi connectivity index (χ1n) is 10.1. The summed E-state index contributed by atoms with van der Waals surface area (Å²) in [6.07, 6.45) is -4.02. The molecule has 1 amide bonds. The summed E-state index contributed by atoms with van der Waals surface area (Å²) in [5.74, 6) is -0.119. The van der Waals surface area contributed by atoms with Crippen molar-refractivity contribution in [1.29, 1.82) is 0 Å². The maximum absolute atomic E-state index is 13.0. The van der Waals surface area contributed by atoms with Gasteiger partial charge in [0.15, 0.2) is 0 Å². The summed E-state index contributed by atoms with van der Waals surface area (Å²) in [6, 6.07) is 15.5. The fourth-order valence-electron chi connectivity index (χ4n) is 3.73. The zero-order valence-electron chi connectivity index (χ0n) is 17.2. The number of benzene rings is 2. The van der Waals surface area contributed by atoms with Crippen LogP contribution >= 0.6 is 0 Å². The fourth-order valence-corrected chi connectivity index (χ4v) is 3.73. The van der Waals surface area contributed by atoms with Gasteiger partial charge in [-0.3, -0.25) is 9.36 Å². The number of ether oxygens (including phenoxy) is 1. The number of aromatic nitrogens is 3. The van der Waals surface area contributed by atoms with E-state index in [0.717, 1.165) is 11.7 Å². The molecule has 32 heavy (non-hydrogen) atoms. The Balaban J connectivity index is 1.39. The van der Waals surface area contributed by atoms with E-state index in [0.29, 0.717) is 47.6 Å². The number of hydrogen-bond donors (Lipinski definition) is 0. The van der Waals surface area contributed by atoms with Gasteiger partial charge in [0, 0.05) is 25.7 Å². The van der Waals surface area contributed by atoms with Crippen molar-refractivity contribution in [1.82, 2.24) is 19.2 Å². The molecule has 1 aliphatic heterocycles. The number of carbonyl (C=O) groups is 1. The minimum absolute atomic E-state index is 0.181. The van der Waals surface area contributed by atoms with Gasteiger partial charge >= 0.3 is 11.9 Å². The molecule has 0 aliphatic carbocycles. The van der Waals surface area contributed by atoms with E-state index in [2.05, 4.69) is 5.10 Å². The summed E-state index contributed by atoms with van der Waals surface area (Å²) in [7, 11) is 1.05. The van der Waals surface area contributed by atoms with Crippen molar-refractivity contribution in [3.63, 3.8) is 0 Å². The van der Waals surface area contributed by atoms with Crippen molar-refractivity contribution in [3.05, 3.63) is 76.5 Å². The van der Waals surface area contributed by atoms with E-state index in [4.69, 9.17) is 4.74 Å². The van der Waals surface area contributed by atoms with Crippen LogP contribution in [0.2, 0.25) is 0 Å². The lowest BCUT2D eigenvalue weighted by molar-refractivity contribution is -0.147. The van der Waals surface area contributed by atoms with Crippen molar-refractivity contribution in [2.45, 2.75) is 25.1 Å². The van der Waals surface area contributed by atoms with Crippen molar-refractivity contribution in [2.24, 2.45) is 7.05 Å². The van der Waals surface area contributed by atoms with E-state index in [1.807, 2.05) is 30.3 Å². The highest BCUT2D eigenvalue weighted by atomic mass is 19.4. The molecule has 0 radical (unpaired) electrons. The Kier molecular flexibility index (Phi) is 5.77. The smallest absolute Gasteiger partial charge is 0.451 e. The summed E-state index contributed by atoms with van der Waals surface area (Å²) in [5, 5.41) is 3.50. The van der Waals surface area contributed by atoms with E-state index in [-0.39, 0.29) is 5.91 Å². The number of carbonyl (C=O) groups excluding carboxylic acids is 1. The molecule has 1 fully saturated rings. The van der Waals surface area contributed by atoms with Gasteiger partial charge < -0.3 is 9.64 Å². The number of piperidine rings is 1. The first-order chi connectivity index (χ1) is 15.2. The number of para-hydroxylation sites is 1. The average Bonchev–Trinajstić information content (AvgIpc) is 3.09. The number of amides is 1. The number of halogens is 3. The molecule has 0 N–H and O–H groups in total. The Hall–Kier alpha value is -3.56. The normalized spacial score (nSPS) is 15.1. The first kappa shape index (κ1) is 21.7. The second-order valence-corrected chi connectivity index (χ2v) is 7.57. The molecule has 10 heteroatoms. The van der Waals surface area contributed by atoms with E-state index in [1.54, 1.807) is 29.2 Å². The number of alkyl halides is 3. The molecule has 0 atom stereocenters. The molecule has 168 valence electrons. The molecule has 1 aromatic heterocycles. The highest BCUT2D eigenvalue weighted by Gasteiger charge is 2.39. The molecule has 4 rings (SSSR count). The molecule has 1 saturated heterocycles. The van der Waals surface area contributed by atoms with Crippen molar-refractivity contribution < 1.29 is 22.7 Å². The molecule has 0 bridgehead atoms. The quantitative estimate of drug-likeness (QED) is 0.610. The Labute approximate surface area is 181 Å². The van der Waals surface area contributed by atoms with E-state index >= 15 is 0 Å². The van der Waals surface area contributed by atoms with Gasteiger partial charge in [0.1, 0.15) is 11.5 Å². The topological polar surface area (TPSA) is 69.4 Å². The molecule has 0 spiro atoms. The maximum atomic E-state index is 13.0. The van der Waals surface area contributed by atoms with Crippen molar-refractivity contribution >= 4 is 5.91 Å². The molecule has 2 heterocycles. The second-order valence-electron chi connectivity index (χ2n) is 7.57. The predicted octanol–water partition coefficient (Wildman–Crippen LogP) is 3.87. The summed E-state index contributed by atoms with van der Waals surface area (Å²) in [4.78, 5) is 26.7. The van der Waals surface area contributed by atoms with Crippen LogP contribution in [0.3, 0.4) is 0 Å². The summed E-state index contributed by atoms with van der Waals surface area (Å²) < 4.78 is 46.2. The Morgan fingerprint density at radius 3 is 2.16 bits per heavy atom. The zero-order chi connectivity index (χ0) is 22.9. The van der Waals surface area contributed by atoms with Gasteiger partial charge in [-0.25, -0.2) is 9.48 Å². The number of rotatable bonds is 4. The van der Waals surface area contributed by atoms with Gasteiger partial charge in [-0.2, -0.15) is 13.2 Å². The third-order valence-electron chi connectivity index (χ3n) is 5.43. The van der Waals surface area contributed by atoms with Crippen LogP contribution in [-0.4, -0.2) is 38.2 Å². The van der Waals surface area contributed by atoms with Crippen LogP contribution in [0, 0.1) is 0 Å². The van der Waals surface area contributed by atoms with Gasteiger partial charge in [0.25, 0.3) is 5.91 Å². The van der Waals surface area contributed by atoms with E-state index in [1.165, 1.54) is 0 Å². The minimum atomic E-state index is -4.70. The summed E-state index contributed by atoms with van der Waals surface area (Å²) >= 11 is 0. The number of hydrogen-bond acceptors (Lipinski definition) is 4. The predicted molar refractivity (Wildman–Crippen MR) is 110 cm³/mol. The van der Waals surface area contributed by atoms with Crippen LogP contribution in [0.1, 0.15) is 35.1 Å². The molecule has 2 aromatic carbocycles. The number of nitrogens with zero attached hydrogens (tertiary/aromatic N) is 4. The van der Waals surface area contributed by atoms with E-state index < -0.39 is 23.7 Å². The molecule has 7 nitrogen and oxygen atoms in total. The molecule has 1 aliphatic rings. The van der Waals surface area contributed by atoms with Crippen LogP contribution in [0.5, 0.6) is 11.5 Å². The van der Waals surface area contributed by atoms with Crippen LogP contribution < -0.4 is 10.4 Å². The lowest BCUT2D eigenvalue weighted by Crippen LogP contribution is -2.41. The molecule has 0 saturated carbocycles. The zero-order valence-corrected chi connectivity index (χ0v) is 17.2. The van der Waals surface area contributed by atoms with Gasteiger partial charge in [-0.1, -0.05) is 18.2 Å². The summed E-state index contributed by atoms with van der Waals surface area (Å²) in [5.41, 5.74) is -0.325. The third kappa shape index (κ3) is 4.39. The van der Waals surface area contributed by atoms with Gasteiger partial charge in [0.2, 0.25) is 5.82 Å². The molecular weight excluding hydrogens is 425 g/mol. The Bertz CT molecular complexity index is 1150. The van der Waals surface area contributed by atoms with Crippen molar-refractivity contribution in [3.8, 4) is 11.5 Å². The Morgan fingerprint density at radius 1 is 1.00 bits per heavy atom. The molecular formula is C22H21F3N4O3. The van der Waals surface area contributed by atoms with Gasteiger partial charge in [0.05, 0.1) is 6.04 Å². The fraction of sp³-hybridized carbons (Fsp3) is 0.318.